The van der Waals surface area contributed by atoms with Crippen molar-refractivity contribution < 1.29 is 27.9 Å². The summed E-state index contributed by atoms with van der Waals surface area (Å²) < 4.78 is 39.3. The van der Waals surface area contributed by atoms with Gasteiger partial charge in [-0.2, -0.15) is 13.2 Å². The summed E-state index contributed by atoms with van der Waals surface area (Å²) >= 11 is 0. The summed E-state index contributed by atoms with van der Waals surface area (Å²) in [6.07, 6.45) is -1.86. The van der Waals surface area contributed by atoms with Crippen molar-refractivity contribution in [2.24, 2.45) is 0 Å². The standard InChI is InChI=1S/C17H15F3N4O3/c18-17(19,20)13-4-2-1-3-12(13)15(25)24-7-5-23(6-8-24)11-9-21-14(16(26)27)22-10-11/h1-4,9-10H,5-8H2,(H,26,27). The van der Waals surface area contributed by atoms with Gasteiger partial charge >= 0.3 is 12.1 Å². The Morgan fingerprint density at radius 3 is 2.15 bits per heavy atom. The maximum atomic E-state index is 13.1. The highest BCUT2D eigenvalue weighted by molar-refractivity contribution is 5.96. The number of rotatable bonds is 3. The van der Waals surface area contributed by atoms with E-state index in [0.29, 0.717) is 18.8 Å². The van der Waals surface area contributed by atoms with Crippen molar-refractivity contribution in [2.75, 3.05) is 31.1 Å². The maximum Gasteiger partial charge on any atom is 0.417 e. The SMILES string of the molecule is O=C(O)c1ncc(N2CCN(C(=O)c3ccccc3C(F)(F)F)CC2)cn1. The fraction of sp³-hybridized carbons (Fsp3) is 0.294. The molecule has 1 aromatic heterocycles. The Morgan fingerprint density at radius 1 is 1.00 bits per heavy atom. The third kappa shape index (κ3) is 3.99. The minimum Gasteiger partial charge on any atom is -0.475 e. The number of hydrogen-bond acceptors (Lipinski definition) is 5. The van der Waals surface area contributed by atoms with Crippen LogP contribution in [0.25, 0.3) is 0 Å². The highest BCUT2D eigenvalue weighted by Crippen LogP contribution is 2.32. The number of anilines is 1. The quantitative estimate of drug-likeness (QED) is 0.878. The molecule has 1 aromatic carbocycles. The third-order valence-electron chi connectivity index (χ3n) is 4.22. The number of aromatic nitrogens is 2. The molecular weight excluding hydrogens is 365 g/mol. The lowest BCUT2D eigenvalue weighted by molar-refractivity contribution is -0.138. The molecule has 0 unspecified atom stereocenters. The molecule has 142 valence electrons. The lowest BCUT2D eigenvalue weighted by Crippen LogP contribution is -2.49. The summed E-state index contributed by atoms with van der Waals surface area (Å²) in [5.41, 5.74) is -0.731. The number of benzene rings is 1. The predicted molar refractivity (Wildman–Crippen MR) is 88.6 cm³/mol. The van der Waals surface area contributed by atoms with Crippen LogP contribution in [0, 0.1) is 0 Å². The molecule has 1 fully saturated rings. The Labute approximate surface area is 152 Å². The Bertz CT molecular complexity index is 847. The van der Waals surface area contributed by atoms with Crippen LogP contribution in [0.5, 0.6) is 0 Å². The molecule has 3 rings (SSSR count). The maximum absolute atomic E-state index is 13.1. The molecule has 0 aliphatic carbocycles. The molecule has 0 radical (unpaired) electrons. The van der Waals surface area contributed by atoms with E-state index in [1.54, 1.807) is 0 Å². The summed E-state index contributed by atoms with van der Waals surface area (Å²) in [5, 5.41) is 8.81. The minimum atomic E-state index is -4.60. The second-order valence-corrected chi connectivity index (χ2v) is 5.89. The Hall–Kier alpha value is -3.17. The average Bonchev–Trinajstić information content (AvgIpc) is 2.67. The van der Waals surface area contributed by atoms with Gasteiger partial charge in [0.05, 0.1) is 29.2 Å². The second-order valence-electron chi connectivity index (χ2n) is 5.89. The van der Waals surface area contributed by atoms with Gasteiger partial charge in [0.15, 0.2) is 0 Å². The van der Waals surface area contributed by atoms with Gasteiger partial charge in [-0.1, -0.05) is 12.1 Å². The van der Waals surface area contributed by atoms with Crippen LogP contribution in [-0.4, -0.2) is 58.0 Å². The molecule has 10 heteroatoms. The number of aromatic carboxylic acids is 1. The van der Waals surface area contributed by atoms with Crippen molar-refractivity contribution >= 4 is 17.6 Å². The topological polar surface area (TPSA) is 86.6 Å². The van der Waals surface area contributed by atoms with Crippen LogP contribution in [0.2, 0.25) is 0 Å². The van der Waals surface area contributed by atoms with Crippen molar-refractivity contribution in [3.8, 4) is 0 Å². The van der Waals surface area contributed by atoms with Gasteiger partial charge in [0.1, 0.15) is 0 Å². The van der Waals surface area contributed by atoms with E-state index in [1.807, 2.05) is 4.90 Å². The van der Waals surface area contributed by atoms with Gasteiger partial charge in [0.25, 0.3) is 5.91 Å². The van der Waals surface area contributed by atoms with Crippen molar-refractivity contribution in [3.63, 3.8) is 0 Å². The van der Waals surface area contributed by atoms with Gasteiger partial charge in [-0.15, -0.1) is 0 Å². The zero-order valence-corrected chi connectivity index (χ0v) is 14.0. The van der Waals surface area contributed by atoms with Gasteiger partial charge in [0, 0.05) is 26.2 Å². The summed E-state index contributed by atoms with van der Waals surface area (Å²) in [4.78, 5) is 34.0. The molecule has 1 aliphatic rings. The van der Waals surface area contributed by atoms with E-state index < -0.39 is 23.6 Å². The molecule has 2 aromatic rings. The molecule has 27 heavy (non-hydrogen) atoms. The number of amides is 1. The first-order valence-electron chi connectivity index (χ1n) is 8.03. The summed E-state index contributed by atoms with van der Waals surface area (Å²) in [6.45, 7) is 1.20. The smallest absolute Gasteiger partial charge is 0.417 e. The molecule has 0 spiro atoms. The number of alkyl halides is 3. The summed E-state index contributed by atoms with van der Waals surface area (Å²) in [5.74, 6) is -2.23. The molecule has 0 bridgehead atoms. The largest absolute Gasteiger partial charge is 0.475 e. The second kappa shape index (κ2) is 7.22. The first-order chi connectivity index (χ1) is 12.8. The van der Waals surface area contributed by atoms with Crippen LogP contribution in [0.15, 0.2) is 36.7 Å². The summed E-state index contributed by atoms with van der Waals surface area (Å²) in [7, 11) is 0. The molecule has 0 saturated carbocycles. The molecule has 1 amide bonds. The number of hydrogen-bond donors (Lipinski definition) is 1. The number of nitrogens with zero attached hydrogens (tertiary/aromatic N) is 4. The number of carboxylic acids is 1. The average molecular weight is 380 g/mol. The zero-order valence-electron chi connectivity index (χ0n) is 14.0. The minimum absolute atomic E-state index is 0.228. The molecule has 7 nitrogen and oxygen atoms in total. The normalized spacial score (nSPS) is 14.9. The fourth-order valence-corrected chi connectivity index (χ4v) is 2.85. The van der Waals surface area contributed by atoms with Crippen LogP contribution in [-0.2, 0) is 6.18 Å². The fourth-order valence-electron chi connectivity index (χ4n) is 2.85. The lowest BCUT2D eigenvalue weighted by atomic mass is 10.1. The molecule has 2 heterocycles. The number of halogens is 3. The Morgan fingerprint density at radius 2 is 1.59 bits per heavy atom. The first kappa shape index (κ1) is 18.6. The van der Waals surface area contributed by atoms with Crippen LogP contribution in [0.4, 0.5) is 18.9 Å². The molecule has 1 N–H and O–H groups in total. The number of carboxylic acid groups (broad SMARTS) is 1. The lowest BCUT2D eigenvalue weighted by Gasteiger charge is -2.36. The van der Waals surface area contributed by atoms with Crippen LogP contribution in [0.1, 0.15) is 26.5 Å². The predicted octanol–water partition coefficient (Wildman–Crippen LogP) is 2.16. The Kier molecular flexibility index (Phi) is 4.98. The molecule has 1 aliphatic heterocycles. The van der Waals surface area contributed by atoms with Gasteiger partial charge in [-0.25, -0.2) is 14.8 Å². The van der Waals surface area contributed by atoms with E-state index in [2.05, 4.69) is 9.97 Å². The van der Waals surface area contributed by atoms with E-state index in [4.69, 9.17) is 5.11 Å². The van der Waals surface area contributed by atoms with Crippen molar-refractivity contribution in [1.82, 2.24) is 14.9 Å². The van der Waals surface area contributed by atoms with Gasteiger partial charge in [-0.3, -0.25) is 4.79 Å². The van der Waals surface area contributed by atoms with Crippen molar-refractivity contribution in [3.05, 3.63) is 53.6 Å². The number of carbonyl (C=O) groups is 2. The van der Waals surface area contributed by atoms with E-state index in [-0.39, 0.29) is 24.5 Å². The van der Waals surface area contributed by atoms with Crippen LogP contribution in [0.3, 0.4) is 0 Å². The van der Waals surface area contributed by atoms with E-state index >= 15 is 0 Å². The van der Waals surface area contributed by atoms with Gasteiger partial charge < -0.3 is 14.9 Å². The van der Waals surface area contributed by atoms with Gasteiger partial charge in [0.2, 0.25) is 5.82 Å². The zero-order chi connectivity index (χ0) is 19.6. The van der Waals surface area contributed by atoms with Gasteiger partial charge in [-0.05, 0) is 12.1 Å². The monoisotopic (exact) mass is 380 g/mol. The van der Waals surface area contributed by atoms with Crippen LogP contribution < -0.4 is 4.90 Å². The van der Waals surface area contributed by atoms with E-state index in [0.717, 1.165) is 6.07 Å². The van der Waals surface area contributed by atoms with Crippen molar-refractivity contribution in [2.45, 2.75) is 6.18 Å². The first-order valence-corrected chi connectivity index (χ1v) is 8.03. The molecule has 1 saturated heterocycles. The van der Waals surface area contributed by atoms with Crippen molar-refractivity contribution in [1.29, 1.82) is 0 Å². The summed E-state index contributed by atoms with van der Waals surface area (Å²) in [6, 6.07) is 4.72. The third-order valence-corrected chi connectivity index (χ3v) is 4.22. The number of piperazine rings is 1. The van der Waals surface area contributed by atoms with Crippen LogP contribution >= 0.6 is 0 Å². The number of carbonyl (C=O) groups excluding carboxylic acids is 1. The molecular formula is C17H15F3N4O3. The Balaban J connectivity index is 1.69. The van der Waals surface area contributed by atoms with E-state index in [1.165, 1.54) is 35.5 Å². The van der Waals surface area contributed by atoms with E-state index in [9.17, 15) is 22.8 Å². The highest BCUT2D eigenvalue weighted by atomic mass is 19.4. The molecule has 0 atom stereocenters. The highest BCUT2D eigenvalue weighted by Gasteiger charge is 2.36.